The van der Waals surface area contributed by atoms with Gasteiger partial charge in [-0.2, -0.15) is 0 Å². The van der Waals surface area contributed by atoms with Gasteiger partial charge in [-0.1, -0.05) is 33.8 Å². The van der Waals surface area contributed by atoms with E-state index in [1.807, 2.05) is 12.1 Å². The Morgan fingerprint density at radius 1 is 0.926 bits per heavy atom. The summed E-state index contributed by atoms with van der Waals surface area (Å²) in [5.41, 5.74) is 2.78. The molecule has 0 saturated carbocycles. The number of rotatable bonds is 13. The van der Waals surface area contributed by atoms with Crippen LogP contribution < -0.4 is 5.32 Å². The first-order chi connectivity index (χ1) is 13.1. The highest BCUT2D eigenvalue weighted by atomic mass is 16.3. The third-order valence-electron chi connectivity index (χ3n) is 6.26. The van der Waals surface area contributed by atoms with E-state index in [2.05, 4.69) is 48.9 Å². The first-order valence-electron chi connectivity index (χ1n) is 11.1. The van der Waals surface area contributed by atoms with E-state index in [9.17, 15) is 5.11 Å². The maximum absolute atomic E-state index is 9.99. The summed E-state index contributed by atoms with van der Waals surface area (Å²) in [5.74, 6) is 0.979. The molecule has 1 aromatic rings. The first kappa shape index (κ1) is 22.2. The van der Waals surface area contributed by atoms with Crippen molar-refractivity contribution in [3.05, 3.63) is 29.3 Å². The zero-order chi connectivity index (χ0) is 19.6. The van der Waals surface area contributed by atoms with Gasteiger partial charge >= 0.3 is 0 Å². The van der Waals surface area contributed by atoms with Crippen LogP contribution in [0.2, 0.25) is 0 Å². The Labute approximate surface area is 166 Å². The van der Waals surface area contributed by atoms with Crippen LogP contribution in [0, 0.1) is 0 Å². The third-order valence-corrected chi connectivity index (χ3v) is 6.26. The zero-order valence-electron chi connectivity index (χ0n) is 18.0. The summed E-state index contributed by atoms with van der Waals surface area (Å²) in [6, 6.07) is 6.43. The molecule has 0 spiro atoms. The Bertz CT molecular complexity index is 540. The van der Waals surface area contributed by atoms with Gasteiger partial charge in [0.1, 0.15) is 5.75 Å². The molecule has 1 aliphatic carbocycles. The molecule has 1 aromatic carbocycles. The van der Waals surface area contributed by atoms with Crippen LogP contribution in [-0.2, 0) is 0 Å². The van der Waals surface area contributed by atoms with E-state index in [1.54, 1.807) is 0 Å². The number of nitrogens with one attached hydrogen (secondary N) is 1. The molecule has 2 atom stereocenters. The maximum atomic E-state index is 9.99. The molecule has 154 valence electrons. The molecule has 0 radical (unpaired) electrons. The minimum atomic E-state index is 0.407. The Morgan fingerprint density at radius 3 is 2.19 bits per heavy atom. The zero-order valence-corrected chi connectivity index (χ0v) is 18.0. The fourth-order valence-corrected chi connectivity index (χ4v) is 4.46. The van der Waals surface area contributed by atoms with Crippen LogP contribution in [0.25, 0.3) is 0 Å². The van der Waals surface area contributed by atoms with Crippen LogP contribution in [0.15, 0.2) is 18.2 Å². The quantitative estimate of drug-likeness (QED) is 0.502. The Hall–Kier alpha value is -1.10. The number of nitrogens with zero attached hydrogens (tertiary/aromatic N) is 2. The minimum Gasteiger partial charge on any atom is -0.508 e. The van der Waals surface area contributed by atoms with E-state index in [1.165, 1.54) is 49.9 Å². The van der Waals surface area contributed by atoms with E-state index in [4.69, 9.17) is 0 Å². The Kier molecular flexibility index (Phi) is 9.60. The van der Waals surface area contributed by atoms with Gasteiger partial charge < -0.3 is 20.2 Å². The average Bonchev–Trinajstić information content (AvgIpc) is 3.02. The van der Waals surface area contributed by atoms with Crippen LogP contribution in [0.5, 0.6) is 5.75 Å². The molecule has 4 nitrogen and oxygen atoms in total. The molecule has 2 unspecified atom stereocenters. The second-order valence-corrected chi connectivity index (χ2v) is 7.80. The van der Waals surface area contributed by atoms with E-state index in [0.717, 1.165) is 32.7 Å². The molecular weight excluding hydrogens is 334 g/mol. The van der Waals surface area contributed by atoms with Crippen LogP contribution in [0.4, 0.5) is 0 Å². The van der Waals surface area contributed by atoms with Crippen molar-refractivity contribution in [3.8, 4) is 5.75 Å². The highest BCUT2D eigenvalue weighted by molar-refractivity contribution is 5.42. The maximum Gasteiger partial charge on any atom is 0.115 e. The number of aromatic hydroxyl groups is 1. The van der Waals surface area contributed by atoms with Crippen molar-refractivity contribution in [2.45, 2.75) is 65.3 Å². The lowest BCUT2D eigenvalue weighted by Crippen LogP contribution is -2.28. The molecule has 4 heteroatoms. The molecule has 2 N–H and O–H groups in total. The van der Waals surface area contributed by atoms with Gasteiger partial charge in [0.15, 0.2) is 0 Å². The molecule has 2 rings (SSSR count). The SMILES string of the molecule is CCN(CC)CCCNC1CC(CCCN(CC)CC)c2cc(O)ccc21. The van der Waals surface area contributed by atoms with E-state index >= 15 is 0 Å². The monoisotopic (exact) mass is 375 g/mol. The summed E-state index contributed by atoms with van der Waals surface area (Å²) >= 11 is 0. The lowest BCUT2D eigenvalue weighted by molar-refractivity contribution is 0.289. The van der Waals surface area contributed by atoms with Crippen LogP contribution >= 0.6 is 0 Å². The van der Waals surface area contributed by atoms with E-state index < -0.39 is 0 Å². The summed E-state index contributed by atoms with van der Waals surface area (Å²) in [5, 5.41) is 13.8. The van der Waals surface area contributed by atoms with Crippen molar-refractivity contribution in [1.29, 1.82) is 0 Å². The number of fused-ring (bicyclic) bond motifs is 1. The van der Waals surface area contributed by atoms with Gasteiger partial charge in [0.25, 0.3) is 0 Å². The second-order valence-electron chi connectivity index (χ2n) is 7.80. The predicted octanol–water partition coefficient (Wildman–Crippen LogP) is 4.36. The van der Waals surface area contributed by atoms with Crippen LogP contribution in [0.3, 0.4) is 0 Å². The number of benzene rings is 1. The lowest BCUT2D eigenvalue weighted by atomic mass is 9.96. The second kappa shape index (κ2) is 11.7. The molecule has 0 bridgehead atoms. The molecule has 0 saturated heterocycles. The van der Waals surface area contributed by atoms with Crippen molar-refractivity contribution in [1.82, 2.24) is 15.1 Å². The predicted molar refractivity (Wildman–Crippen MR) is 116 cm³/mol. The summed E-state index contributed by atoms with van der Waals surface area (Å²) < 4.78 is 0. The highest BCUT2D eigenvalue weighted by Crippen LogP contribution is 2.44. The van der Waals surface area contributed by atoms with Gasteiger partial charge in [-0.25, -0.2) is 0 Å². The van der Waals surface area contributed by atoms with Crippen molar-refractivity contribution in [2.24, 2.45) is 0 Å². The fourth-order valence-electron chi connectivity index (χ4n) is 4.46. The van der Waals surface area contributed by atoms with E-state index in [0.29, 0.717) is 17.7 Å². The van der Waals surface area contributed by atoms with Gasteiger partial charge in [-0.05, 0) is 101 Å². The van der Waals surface area contributed by atoms with Crippen molar-refractivity contribution < 1.29 is 5.11 Å². The van der Waals surface area contributed by atoms with Gasteiger partial charge in [0.2, 0.25) is 0 Å². The average molecular weight is 376 g/mol. The van der Waals surface area contributed by atoms with Gasteiger partial charge in [-0.15, -0.1) is 0 Å². The topological polar surface area (TPSA) is 38.7 Å². The number of hydrogen-bond acceptors (Lipinski definition) is 4. The normalized spacial score (nSPS) is 19.2. The number of phenols is 1. The largest absolute Gasteiger partial charge is 0.508 e. The summed E-state index contributed by atoms with van der Waals surface area (Å²) in [7, 11) is 0. The Balaban J connectivity index is 1.89. The first-order valence-corrected chi connectivity index (χ1v) is 11.1. The van der Waals surface area contributed by atoms with Crippen LogP contribution in [-0.4, -0.2) is 60.7 Å². The van der Waals surface area contributed by atoms with Gasteiger partial charge in [-0.3, -0.25) is 0 Å². The Morgan fingerprint density at radius 2 is 1.56 bits per heavy atom. The van der Waals surface area contributed by atoms with Crippen LogP contribution in [0.1, 0.15) is 76.5 Å². The van der Waals surface area contributed by atoms with Gasteiger partial charge in [0, 0.05) is 6.04 Å². The molecular formula is C23H41N3O. The molecule has 0 amide bonds. The van der Waals surface area contributed by atoms with Crippen molar-refractivity contribution in [2.75, 3.05) is 45.8 Å². The van der Waals surface area contributed by atoms with Gasteiger partial charge in [0.05, 0.1) is 0 Å². The third kappa shape index (κ3) is 6.48. The standard InChI is InChI=1S/C23H41N3O/c1-5-25(6-2)15-9-11-19-17-23(21-13-12-20(27)18-22(19)21)24-14-10-16-26(7-3)8-4/h12-13,18-19,23-24,27H,5-11,14-17H2,1-4H3. The molecule has 1 aliphatic rings. The van der Waals surface area contributed by atoms with Crippen molar-refractivity contribution >= 4 is 0 Å². The molecule has 0 fully saturated rings. The smallest absolute Gasteiger partial charge is 0.115 e. The number of hydrogen-bond donors (Lipinski definition) is 2. The highest BCUT2D eigenvalue weighted by Gasteiger charge is 2.30. The van der Waals surface area contributed by atoms with E-state index in [-0.39, 0.29) is 0 Å². The van der Waals surface area contributed by atoms with Crippen molar-refractivity contribution in [3.63, 3.8) is 0 Å². The molecule has 0 heterocycles. The lowest BCUT2D eigenvalue weighted by Gasteiger charge is -2.20. The molecule has 0 aromatic heterocycles. The summed E-state index contributed by atoms with van der Waals surface area (Å²) in [4.78, 5) is 4.99. The molecule has 0 aliphatic heterocycles. The molecule has 27 heavy (non-hydrogen) atoms. The number of phenolic OH excluding ortho intramolecular Hbond substituents is 1. The summed E-state index contributed by atoms with van der Waals surface area (Å²) in [6.07, 6.45) is 4.81. The minimum absolute atomic E-state index is 0.407. The fraction of sp³-hybridized carbons (Fsp3) is 0.739. The summed E-state index contributed by atoms with van der Waals surface area (Å²) in [6.45, 7) is 16.9.